The van der Waals surface area contributed by atoms with Crippen LogP contribution >= 0.6 is 23.2 Å². The molecule has 132 valence electrons. The predicted molar refractivity (Wildman–Crippen MR) is 105 cm³/mol. The van der Waals surface area contributed by atoms with Gasteiger partial charge in [0, 0.05) is 24.3 Å². The number of piperidine rings is 1. The zero-order chi connectivity index (χ0) is 17.8. The van der Waals surface area contributed by atoms with Gasteiger partial charge in [0.2, 0.25) is 0 Å². The van der Waals surface area contributed by atoms with E-state index in [4.69, 9.17) is 23.2 Å². The lowest BCUT2D eigenvalue weighted by atomic mass is 9.99. The third kappa shape index (κ3) is 4.97. The van der Waals surface area contributed by atoms with E-state index in [0.717, 1.165) is 25.6 Å². The molecule has 0 saturated carbocycles. The number of anilines is 1. The van der Waals surface area contributed by atoms with Crippen LogP contribution in [0.1, 0.15) is 35.7 Å². The van der Waals surface area contributed by atoms with E-state index in [-0.39, 0.29) is 5.91 Å². The minimum absolute atomic E-state index is 0.156. The van der Waals surface area contributed by atoms with Crippen LogP contribution in [0.2, 0.25) is 10.0 Å². The van der Waals surface area contributed by atoms with E-state index in [9.17, 15) is 4.79 Å². The molecule has 0 unspecified atom stereocenters. The number of hydrogen-bond donors (Lipinski definition) is 1. The third-order valence-corrected chi connectivity index (χ3v) is 5.28. The van der Waals surface area contributed by atoms with E-state index in [1.807, 2.05) is 24.3 Å². The molecule has 1 atom stereocenters. The fourth-order valence-electron chi connectivity index (χ4n) is 3.23. The second-order valence-corrected chi connectivity index (χ2v) is 7.58. The Morgan fingerprint density at radius 3 is 2.60 bits per heavy atom. The molecule has 1 heterocycles. The lowest BCUT2D eigenvalue weighted by Gasteiger charge is -2.30. The molecule has 0 aromatic heterocycles. The van der Waals surface area contributed by atoms with Crippen molar-refractivity contribution in [1.82, 2.24) is 4.90 Å². The van der Waals surface area contributed by atoms with Crippen LogP contribution in [0.3, 0.4) is 0 Å². The minimum atomic E-state index is -0.156. The molecule has 2 aromatic rings. The van der Waals surface area contributed by atoms with Gasteiger partial charge in [-0.3, -0.25) is 9.69 Å². The van der Waals surface area contributed by atoms with Crippen LogP contribution in [0.5, 0.6) is 0 Å². The maximum atomic E-state index is 12.4. The van der Waals surface area contributed by atoms with Crippen molar-refractivity contribution in [2.75, 3.05) is 18.4 Å². The number of likely N-dealkylation sites (tertiary alicyclic amines) is 1. The largest absolute Gasteiger partial charge is 0.322 e. The third-order valence-electron chi connectivity index (χ3n) is 4.54. The Morgan fingerprint density at radius 1 is 1.16 bits per heavy atom. The molecule has 0 aliphatic carbocycles. The van der Waals surface area contributed by atoms with Crippen LogP contribution in [0.25, 0.3) is 0 Å². The van der Waals surface area contributed by atoms with Crippen LogP contribution in [-0.2, 0) is 6.54 Å². The second-order valence-electron chi connectivity index (χ2n) is 6.76. The SMILES string of the molecule is C[C@H]1CCCN(Cc2ccc(C(=O)Nc3ccc(Cl)c(Cl)c3)cc2)C1. The Morgan fingerprint density at radius 2 is 1.92 bits per heavy atom. The number of carbonyl (C=O) groups is 1. The predicted octanol–water partition coefficient (Wildman–Crippen LogP) is 5.48. The molecule has 1 amide bonds. The number of halogens is 2. The zero-order valence-electron chi connectivity index (χ0n) is 14.3. The van der Waals surface area contributed by atoms with Crippen molar-refractivity contribution >= 4 is 34.8 Å². The number of rotatable bonds is 4. The Hall–Kier alpha value is -1.55. The van der Waals surface area contributed by atoms with Gasteiger partial charge in [0.15, 0.2) is 0 Å². The molecule has 1 aliphatic heterocycles. The number of benzene rings is 2. The van der Waals surface area contributed by atoms with Crippen molar-refractivity contribution in [3.63, 3.8) is 0 Å². The molecule has 1 aliphatic rings. The number of nitrogens with zero attached hydrogens (tertiary/aromatic N) is 1. The van der Waals surface area contributed by atoms with E-state index in [0.29, 0.717) is 21.3 Å². The average Bonchev–Trinajstić information content (AvgIpc) is 2.59. The molecule has 0 spiro atoms. The molecule has 25 heavy (non-hydrogen) atoms. The number of amides is 1. The molecule has 1 N–H and O–H groups in total. The van der Waals surface area contributed by atoms with E-state index in [2.05, 4.69) is 17.1 Å². The molecule has 3 rings (SSSR count). The molecule has 2 aromatic carbocycles. The van der Waals surface area contributed by atoms with Crippen molar-refractivity contribution in [3.8, 4) is 0 Å². The summed E-state index contributed by atoms with van der Waals surface area (Å²) < 4.78 is 0. The zero-order valence-corrected chi connectivity index (χ0v) is 15.8. The summed E-state index contributed by atoms with van der Waals surface area (Å²) in [6.07, 6.45) is 2.59. The molecule has 3 nitrogen and oxygen atoms in total. The highest BCUT2D eigenvalue weighted by atomic mass is 35.5. The maximum Gasteiger partial charge on any atom is 0.255 e. The molecular weight excluding hydrogens is 355 g/mol. The van der Waals surface area contributed by atoms with Gasteiger partial charge in [0.25, 0.3) is 5.91 Å². The van der Waals surface area contributed by atoms with Gasteiger partial charge in [-0.15, -0.1) is 0 Å². The fraction of sp³-hybridized carbons (Fsp3) is 0.350. The lowest BCUT2D eigenvalue weighted by Crippen LogP contribution is -2.33. The first-order valence-electron chi connectivity index (χ1n) is 8.59. The first-order valence-corrected chi connectivity index (χ1v) is 9.34. The highest BCUT2D eigenvalue weighted by molar-refractivity contribution is 6.42. The lowest BCUT2D eigenvalue weighted by molar-refractivity contribution is 0.102. The summed E-state index contributed by atoms with van der Waals surface area (Å²) in [4.78, 5) is 14.8. The summed E-state index contributed by atoms with van der Waals surface area (Å²) in [6, 6.07) is 12.9. The highest BCUT2D eigenvalue weighted by Gasteiger charge is 2.16. The summed E-state index contributed by atoms with van der Waals surface area (Å²) in [5, 5.41) is 3.73. The molecule has 0 bridgehead atoms. The van der Waals surface area contributed by atoms with E-state index in [1.165, 1.54) is 18.4 Å². The van der Waals surface area contributed by atoms with Gasteiger partial charge < -0.3 is 5.32 Å². The summed E-state index contributed by atoms with van der Waals surface area (Å²) in [5.41, 5.74) is 2.49. The molecule has 0 radical (unpaired) electrons. The Balaban J connectivity index is 1.61. The molecular formula is C20H22Cl2N2O. The van der Waals surface area contributed by atoms with Crippen molar-refractivity contribution in [2.24, 2.45) is 5.92 Å². The van der Waals surface area contributed by atoms with E-state index >= 15 is 0 Å². The van der Waals surface area contributed by atoms with Crippen LogP contribution in [0, 0.1) is 5.92 Å². The quantitative estimate of drug-likeness (QED) is 0.766. The molecule has 5 heteroatoms. The van der Waals surface area contributed by atoms with Crippen molar-refractivity contribution in [1.29, 1.82) is 0 Å². The van der Waals surface area contributed by atoms with Crippen LogP contribution in [0.4, 0.5) is 5.69 Å². The van der Waals surface area contributed by atoms with E-state index < -0.39 is 0 Å². The summed E-state index contributed by atoms with van der Waals surface area (Å²) in [7, 11) is 0. The Kier molecular flexibility index (Phi) is 6.00. The van der Waals surface area contributed by atoms with Gasteiger partial charge in [0.1, 0.15) is 0 Å². The van der Waals surface area contributed by atoms with Gasteiger partial charge in [-0.25, -0.2) is 0 Å². The standard InChI is InChI=1S/C20H22Cl2N2O/c1-14-3-2-10-24(12-14)13-15-4-6-16(7-5-15)20(25)23-17-8-9-18(21)19(22)11-17/h4-9,11,14H,2-3,10,12-13H2,1H3,(H,23,25)/t14-/m0/s1. The van der Waals surface area contributed by atoms with Gasteiger partial charge in [-0.05, 0) is 61.2 Å². The minimum Gasteiger partial charge on any atom is -0.322 e. The number of hydrogen-bond acceptors (Lipinski definition) is 2. The van der Waals surface area contributed by atoms with Crippen molar-refractivity contribution < 1.29 is 4.79 Å². The summed E-state index contributed by atoms with van der Waals surface area (Å²) in [6.45, 7) is 5.56. The van der Waals surface area contributed by atoms with Gasteiger partial charge in [-0.1, -0.05) is 42.3 Å². The summed E-state index contributed by atoms with van der Waals surface area (Å²) >= 11 is 11.9. The maximum absolute atomic E-state index is 12.4. The normalized spacial score (nSPS) is 18.1. The number of nitrogens with one attached hydrogen (secondary N) is 1. The van der Waals surface area contributed by atoms with Gasteiger partial charge in [-0.2, -0.15) is 0 Å². The smallest absolute Gasteiger partial charge is 0.255 e. The topological polar surface area (TPSA) is 32.3 Å². The highest BCUT2D eigenvalue weighted by Crippen LogP contribution is 2.25. The van der Waals surface area contributed by atoms with Crippen molar-refractivity contribution in [3.05, 3.63) is 63.6 Å². The monoisotopic (exact) mass is 376 g/mol. The van der Waals surface area contributed by atoms with Crippen LogP contribution in [0.15, 0.2) is 42.5 Å². The van der Waals surface area contributed by atoms with Crippen LogP contribution < -0.4 is 5.32 Å². The van der Waals surface area contributed by atoms with Gasteiger partial charge >= 0.3 is 0 Å². The van der Waals surface area contributed by atoms with Gasteiger partial charge in [0.05, 0.1) is 10.0 Å². The average molecular weight is 377 g/mol. The van der Waals surface area contributed by atoms with E-state index in [1.54, 1.807) is 18.2 Å². The summed E-state index contributed by atoms with van der Waals surface area (Å²) in [5.74, 6) is 0.613. The molecule has 1 fully saturated rings. The van der Waals surface area contributed by atoms with Crippen molar-refractivity contribution in [2.45, 2.75) is 26.3 Å². The van der Waals surface area contributed by atoms with Crippen LogP contribution in [-0.4, -0.2) is 23.9 Å². The second kappa shape index (κ2) is 8.22. The number of carbonyl (C=O) groups excluding carboxylic acids is 1. The fourth-order valence-corrected chi connectivity index (χ4v) is 3.53. The first kappa shape index (κ1) is 18.2. The first-order chi connectivity index (χ1) is 12.0. The Labute approximate surface area is 158 Å². The Bertz CT molecular complexity index is 746. The molecule has 1 saturated heterocycles.